The minimum absolute atomic E-state index is 0. The molecular formula is C6H15ClN2. The summed E-state index contributed by atoms with van der Waals surface area (Å²) in [6.45, 7) is 4.50. The van der Waals surface area contributed by atoms with Crippen molar-refractivity contribution in [3.63, 3.8) is 0 Å². The smallest absolute Gasteiger partial charge is 0.0572 e. The first-order valence-corrected chi connectivity index (χ1v) is 3.40. The van der Waals surface area contributed by atoms with Crippen molar-refractivity contribution in [1.82, 2.24) is 10.6 Å². The standard InChI is InChI=1S/C6H14N2.ClH/c1-2-3-6-7-4-5-8-6;/h6-8H,2-5H2,1H3;1H. The van der Waals surface area contributed by atoms with Crippen molar-refractivity contribution in [3.8, 4) is 0 Å². The van der Waals surface area contributed by atoms with Gasteiger partial charge in [-0.05, 0) is 6.42 Å². The van der Waals surface area contributed by atoms with Crippen LogP contribution >= 0.6 is 12.4 Å². The molecule has 0 spiro atoms. The molecule has 0 aromatic heterocycles. The van der Waals surface area contributed by atoms with Gasteiger partial charge in [-0.2, -0.15) is 0 Å². The lowest BCUT2D eigenvalue weighted by Gasteiger charge is -2.06. The third kappa shape index (κ3) is 3.04. The second-order valence-corrected chi connectivity index (χ2v) is 2.25. The van der Waals surface area contributed by atoms with Crippen LogP contribution < -0.4 is 10.6 Å². The molecule has 1 aliphatic heterocycles. The topological polar surface area (TPSA) is 24.1 Å². The molecule has 56 valence electrons. The fourth-order valence-electron chi connectivity index (χ4n) is 1.06. The summed E-state index contributed by atoms with van der Waals surface area (Å²) in [5.74, 6) is 0. The van der Waals surface area contributed by atoms with Crippen LogP contribution in [0, 0.1) is 0 Å². The lowest BCUT2D eigenvalue weighted by molar-refractivity contribution is 0.507. The molecule has 3 heteroatoms. The van der Waals surface area contributed by atoms with Crippen molar-refractivity contribution in [2.24, 2.45) is 0 Å². The number of hydrogen-bond acceptors (Lipinski definition) is 2. The van der Waals surface area contributed by atoms with E-state index in [9.17, 15) is 0 Å². The number of rotatable bonds is 2. The number of nitrogens with one attached hydrogen (secondary N) is 2. The summed E-state index contributed by atoms with van der Waals surface area (Å²) >= 11 is 0. The normalized spacial score (nSPS) is 19.7. The minimum atomic E-state index is 0. The fourth-order valence-corrected chi connectivity index (χ4v) is 1.06. The maximum absolute atomic E-state index is 3.35. The highest BCUT2D eigenvalue weighted by atomic mass is 35.5. The molecule has 0 bridgehead atoms. The summed E-state index contributed by atoms with van der Waals surface area (Å²) in [7, 11) is 0. The predicted molar refractivity (Wildman–Crippen MR) is 41.9 cm³/mol. The van der Waals surface area contributed by atoms with E-state index in [0.29, 0.717) is 6.17 Å². The van der Waals surface area contributed by atoms with Crippen LogP contribution in [0.15, 0.2) is 0 Å². The highest BCUT2D eigenvalue weighted by Crippen LogP contribution is 1.94. The molecule has 0 amide bonds. The van der Waals surface area contributed by atoms with Gasteiger partial charge in [-0.15, -0.1) is 12.4 Å². The number of halogens is 1. The van der Waals surface area contributed by atoms with E-state index >= 15 is 0 Å². The van der Waals surface area contributed by atoms with Crippen LogP contribution in [0.2, 0.25) is 0 Å². The van der Waals surface area contributed by atoms with Gasteiger partial charge >= 0.3 is 0 Å². The molecule has 1 saturated heterocycles. The molecule has 0 saturated carbocycles. The van der Waals surface area contributed by atoms with Crippen LogP contribution in [0.3, 0.4) is 0 Å². The van der Waals surface area contributed by atoms with Gasteiger partial charge < -0.3 is 10.6 Å². The molecular weight excluding hydrogens is 136 g/mol. The van der Waals surface area contributed by atoms with E-state index in [1.165, 1.54) is 12.8 Å². The molecule has 1 aliphatic rings. The van der Waals surface area contributed by atoms with Crippen molar-refractivity contribution in [2.75, 3.05) is 13.1 Å². The van der Waals surface area contributed by atoms with Crippen LogP contribution in [-0.4, -0.2) is 19.3 Å². The van der Waals surface area contributed by atoms with Crippen molar-refractivity contribution in [1.29, 1.82) is 0 Å². The zero-order valence-corrected chi connectivity index (χ0v) is 6.63. The van der Waals surface area contributed by atoms with Gasteiger partial charge in [0.15, 0.2) is 0 Å². The Morgan fingerprint density at radius 2 is 1.89 bits per heavy atom. The predicted octanol–water partition coefficient (Wildman–Crippen LogP) is 0.727. The Bertz CT molecular complexity index is 62.1. The molecule has 1 fully saturated rings. The molecule has 2 nitrogen and oxygen atoms in total. The lowest BCUT2D eigenvalue weighted by atomic mass is 10.3. The van der Waals surface area contributed by atoms with E-state index < -0.39 is 0 Å². The van der Waals surface area contributed by atoms with Gasteiger partial charge in [0, 0.05) is 13.1 Å². The molecule has 0 aliphatic carbocycles. The van der Waals surface area contributed by atoms with Crippen molar-refractivity contribution >= 4 is 12.4 Å². The Morgan fingerprint density at radius 1 is 1.33 bits per heavy atom. The van der Waals surface area contributed by atoms with E-state index in [0.717, 1.165) is 13.1 Å². The van der Waals surface area contributed by atoms with Crippen LogP contribution in [0.4, 0.5) is 0 Å². The first-order chi connectivity index (χ1) is 3.93. The van der Waals surface area contributed by atoms with E-state index in [-0.39, 0.29) is 12.4 Å². The van der Waals surface area contributed by atoms with Crippen molar-refractivity contribution < 1.29 is 0 Å². The van der Waals surface area contributed by atoms with E-state index in [4.69, 9.17) is 0 Å². The number of hydrogen-bond donors (Lipinski definition) is 2. The second-order valence-electron chi connectivity index (χ2n) is 2.25. The SMILES string of the molecule is CCCC1NCCN1.Cl. The zero-order valence-electron chi connectivity index (χ0n) is 5.81. The molecule has 2 N–H and O–H groups in total. The highest BCUT2D eigenvalue weighted by molar-refractivity contribution is 5.85. The van der Waals surface area contributed by atoms with Gasteiger partial charge in [0.2, 0.25) is 0 Å². The quantitative estimate of drug-likeness (QED) is 0.607. The molecule has 0 atom stereocenters. The van der Waals surface area contributed by atoms with Gasteiger partial charge in [0.25, 0.3) is 0 Å². The Balaban J connectivity index is 0.000000640. The first-order valence-electron chi connectivity index (χ1n) is 3.40. The van der Waals surface area contributed by atoms with Crippen molar-refractivity contribution in [2.45, 2.75) is 25.9 Å². The highest BCUT2D eigenvalue weighted by Gasteiger charge is 2.09. The maximum Gasteiger partial charge on any atom is 0.0572 e. The summed E-state index contributed by atoms with van der Waals surface area (Å²) in [6, 6.07) is 0. The van der Waals surface area contributed by atoms with Gasteiger partial charge in [0.05, 0.1) is 6.17 Å². The van der Waals surface area contributed by atoms with Crippen LogP contribution in [0.5, 0.6) is 0 Å². The van der Waals surface area contributed by atoms with Gasteiger partial charge in [-0.25, -0.2) is 0 Å². The van der Waals surface area contributed by atoms with Crippen LogP contribution in [0.25, 0.3) is 0 Å². The van der Waals surface area contributed by atoms with Gasteiger partial charge in [0.1, 0.15) is 0 Å². The molecule has 0 unspecified atom stereocenters. The Labute approximate surface area is 62.8 Å². The molecule has 1 rings (SSSR count). The average Bonchev–Trinajstić information content (AvgIpc) is 2.19. The average molecular weight is 151 g/mol. The third-order valence-corrected chi connectivity index (χ3v) is 1.48. The Hall–Kier alpha value is 0.210. The van der Waals surface area contributed by atoms with E-state index in [2.05, 4.69) is 17.6 Å². The second kappa shape index (κ2) is 5.03. The Morgan fingerprint density at radius 3 is 2.33 bits per heavy atom. The zero-order chi connectivity index (χ0) is 5.82. The molecule has 0 aromatic rings. The largest absolute Gasteiger partial charge is 0.301 e. The van der Waals surface area contributed by atoms with Gasteiger partial charge in [-0.1, -0.05) is 13.3 Å². The van der Waals surface area contributed by atoms with E-state index in [1.54, 1.807) is 0 Å². The summed E-state index contributed by atoms with van der Waals surface area (Å²) in [4.78, 5) is 0. The first kappa shape index (κ1) is 9.21. The van der Waals surface area contributed by atoms with Crippen LogP contribution in [0.1, 0.15) is 19.8 Å². The van der Waals surface area contributed by atoms with Crippen LogP contribution in [-0.2, 0) is 0 Å². The maximum atomic E-state index is 3.35. The monoisotopic (exact) mass is 150 g/mol. The summed E-state index contributed by atoms with van der Waals surface area (Å²) < 4.78 is 0. The molecule has 9 heavy (non-hydrogen) atoms. The third-order valence-electron chi connectivity index (χ3n) is 1.48. The molecule has 0 radical (unpaired) electrons. The molecule has 1 heterocycles. The lowest BCUT2D eigenvalue weighted by Crippen LogP contribution is -2.30. The van der Waals surface area contributed by atoms with Gasteiger partial charge in [-0.3, -0.25) is 0 Å². The van der Waals surface area contributed by atoms with E-state index in [1.807, 2.05) is 0 Å². The summed E-state index contributed by atoms with van der Waals surface area (Å²) in [5.41, 5.74) is 0. The fraction of sp³-hybridized carbons (Fsp3) is 1.00. The van der Waals surface area contributed by atoms with Crippen molar-refractivity contribution in [3.05, 3.63) is 0 Å². The molecule has 0 aromatic carbocycles. The summed E-state index contributed by atoms with van der Waals surface area (Å²) in [6.07, 6.45) is 3.14. The minimum Gasteiger partial charge on any atom is -0.301 e. The Kier molecular flexibility index (Phi) is 5.15. The summed E-state index contributed by atoms with van der Waals surface area (Å²) in [5, 5.41) is 6.69.